The first kappa shape index (κ1) is 52.8. The van der Waals surface area contributed by atoms with Gasteiger partial charge in [0.15, 0.2) is 0 Å². The lowest BCUT2D eigenvalue weighted by molar-refractivity contribution is -0.384. The number of pyridine rings is 3. The van der Waals surface area contributed by atoms with Crippen molar-refractivity contribution in [2.45, 2.75) is 142 Å². The van der Waals surface area contributed by atoms with Crippen LogP contribution in [-0.2, 0) is 28.6 Å². The summed E-state index contributed by atoms with van der Waals surface area (Å²) in [6, 6.07) is 18.1. The lowest BCUT2D eigenvalue weighted by atomic mass is 9.83. The summed E-state index contributed by atoms with van der Waals surface area (Å²) in [5.41, 5.74) is -2.08. The summed E-state index contributed by atoms with van der Waals surface area (Å²) in [6.45, 7) is 16.0. The van der Waals surface area contributed by atoms with Gasteiger partial charge in [-0.25, -0.2) is 4.98 Å². The van der Waals surface area contributed by atoms with Crippen molar-refractivity contribution in [2.75, 3.05) is 13.2 Å². The van der Waals surface area contributed by atoms with Crippen LogP contribution in [0, 0.1) is 10.1 Å². The highest BCUT2D eigenvalue weighted by Gasteiger charge is 2.36. The second-order valence-electron chi connectivity index (χ2n) is 19.2. The molecule has 0 saturated carbocycles. The maximum absolute atomic E-state index is 14.2. The number of nitro groups is 1. The van der Waals surface area contributed by atoms with Gasteiger partial charge in [-0.3, -0.25) is 44.1 Å². The quantitative estimate of drug-likeness (QED) is 0.0247. The minimum atomic E-state index is -1.42. The van der Waals surface area contributed by atoms with Gasteiger partial charge >= 0.3 is 17.9 Å². The number of non-ortho nitro benzene ring substituents is 1. The molecular weight excluding hydrogens is 861 g/mol. The zero-order valence-electron chi connectivity index (χ0n) is 40.1. The molecule has 3 heterocycles. The minimum Gasteiger partial charge on any atom is -0.493 e. The molecule has 3 aromatic heterocycles. The molecule has 67 heavy (non-hydrogen) atoms. The number of amides is 2. The molecule has 0 spiro atoms. The fourth-order valence-electron chi connectivity index (χ4n) is 6.83. The van der Waals surface area contributed by atoms with E-state index in [2.05, 4.69) is 20.6 Å². The Balaban J connectivity index is 1.47. The van der Waals surface area contributed by atoms with E-state index in [0.717, 1.165) is 12.1 Å². The zero-order valence-corrected chi connectivity index (χ0v) is 40.1. The Hall–Kier alpha value is -6.78. The van der Waals surface area contributed by atoms with Crippen LogP contribution in [0.5, 0.6) is 5.75 Å². The van der Waals surface area contributed by atoms with Crippen molar-refractivity contribution in [3.8, 4) is 28.5 Å². The van der Waals surface area contributed by atoms with Crippen molar-refractivity contribution in [3.63, 3.8) is 0 Å². The molecule has 0 saturated heterocycles. The van der Waals surface area contributed by atoms with E-state index < -0.39 is 62.7 Å². The van der Waals surface area contributed by atoms with E-state index in [1.165, 1.54) is 6.07 Å². The Morgan fingerprint density at radius 1 is 0.597 bits per heavy atom. The molecule has 17 heteroatoms. The molecule has 360 valence electrons. The molecule has 0 aliphatic carbocycles. The Labute approximate surface area is 392 Å². The van der Waals surface area contributed by atoms with E-state index in [0.29, 0.717) is 54.4 Å². The predicted molar refractivity (Wildman–Crippen MR) is 251 cm³/mol. The summed E-state index contributed by atoms with van der Waals surface area (Å²) in [5.74, 6) is -2.61. The summed E-state index contributed by atoms with van der Waals surface area (Å²) in [4.78, 5) is 91.8. The molecule has 0 bridgehead atoms. The molecule has 1 aromatic carbocycles. The number of rotatable bonds is 22. The summed E-state index contributed by atoms with van der Waals surface area (Å²) in [6.07, 6.45) is 4.40. The minimum absolute atomic E-state index is 0.0759. The van der Waals surface area contributed by atoms with E-state index in [4.69, 9.17) is 23.9 Å². The first-order valence-electron chi connectivity index (χ1n) is 22.4. The number of carbonyl (C=O) groups excluding carboxylic acids is 5. The Kier molecular flexibility index (Phi) is 18.6. The van der Waals surface area contributed by atoms with Crippen molar-refractivity contribution >= 4 is 35.4 Å². The van der Waals surface area contributed by atoms with Crippen molar-refractivity contribution < 1.29 is 47.8 Å². The largest absolute Gasteiger partial charge is 0.493 e. The van der Waals surface area contributed by atoms with Crippen molar-refractivity contribution in [3.05, 3.63) is 100 Å². The van der Waals surface area contributed by atoms with E-state index in [1.54, 1.807) is 74.7 Å². The average Bonchev–Trinajstić information content (AvgIpc) is 3.25. The molecule has 2 N–H and O–H groups in total. The highest BCUT2D eigenvalue weighted by molar-refractivity contribution is 6.01. The van der Waals surface area contributed by atoms with Crippen LogP contribution < -0.4 is 15.4 Å². The number of hydrogen-bond acceptors (Lipinski definition) is 14. The molecule has 0 atom stereocenters. The van der Waals surface area contributed by atoms with E-state index in [-0.39, 0.29) is 56.2 Å². The van der Waals surface area contributed by atoms with Gasteiger partial charge in [0.1, 0.15) is 22.6 Å². The predicted octanol–water partition coefficient (Wildman–Crippen LogP) is 8.93. The lowest BCUT2D eigenvalue weighted by Crippen LogP contribution is -2.50. The van der Waals surface area contributed by atoms with E-state index >= 15 is 0 Å². The number of nitrogens with one attached hydrogen (secondary N) is 2. The first-order valence-corrected chi connectivity index (χ1v) is 22.4. The number of aromatic nitrogens is 3. The molecular formula is C50H64N6O11. The smallest absolute Gasteiger partial charge is 0.306 e. The first-order chi connectivity index (χ1) is 31.4. The third-order valence-corrected chi connectivity index (χ3v) is 9.74. The van der Waals surface area contributed by atoms with Gasteiger partial charge in [0.25, 0.3) is 17.5 Å². The normalized spacial score (nSPS) is 11.8. The molecule has 4 rings (SSSR count). The standard InChI is InChI=1S/C50H64N6O11/c1-47(2,3)65-42(57)19-22-50(23-20-43(58)66-48(4,5)6,24-21-44(59)67-49(7,8)9)55-46(61)35-29-34(30-36(31-35)56(62)63)45(60)53-27-13-10-16-28-64-37-32-40(38-17-11-14-25-51-38)54-41(33-37)39-18-12-15-26-52-39/h11-12,14-15,17-18,25-26,29-33H,10,13,16,19-24,27-28H2,1-9H3,(H,53,60)(H,55,61). The van der Waals surface area contributed by atoms with E-state index in [9.17, 15) is 34.1 Å². The Morgan fingerprint density at radius 3 is 1.48 bits per heavy atom. The molecule has 0 fully saturated rings. The number of nitro benzene ring substituents is 1. The molecule has 0 unspecified atom stereocenters. The number of benzene rings is 1. The van der Waals surface area contributed by atoms with Crippen molar-refractivity contribution in [1.82, 2.24) is 25.6 Å². The third kappa shape index (κ3) is 18.9. The molecule has 0 aliphatic heterocycles. The highest BCUT2D eigenvalue weighted by Crippen LogP contribution is 2.31. The number of carbonyl (C=O) groups is 5. The second kappa shape index (κ2) is 23.6. The summed E-state index contributed by atoms with van der Waals surface area (Å²) in [7, 11) is 0. The van der Waals surface area contributed by atoms with Gasteiger partial charge < -0.3 is 29.6 Å². The third-order valence-electron chi connectivity index (χ3n) is 9.74. The molecule has 4 aromatic rings. The van der Waals surface area contributed by atoms with Crippen LogP contribution in [0.25, 0.3) is 22.8 Å². The second-order valence-corrected chi connectivity index (χ2v) is 19.2. The van der Waals surface area contributed by atoms with Crippen LogP contribution in [0.15, 0.2) is 79.1 Å². The number of hydrogen-bond donors (Lipinski definition) is 2. The number of unbranched alkanes of at least 4 members (excludes halogenated alkanes) is 2. The topological polar surface area (TPSA) is 228 Å². The van der Waals surface area contributed by atoms with Gasteiger partial charge in [-0.05, 0) is 131 Å². The van der Waals surface area contributed by atoms with Gasteiger partial charge in [-0.1, -0.05) is 12.1 Å². The monoisotopic (exact) mass is 924 g/mol. The van der Waals surface area contributed by atoms with Gasteiger partial charge in [0.05, 0.1) is 34.3 Å². The molecule has 0 radical (unpaired) electrons. The van der Waals surface area contributed by atoms with Crippen molar-refractivity contribution in [1.29, 1.82) is 0 Å². The lowest BCUT2D eigenvalue weighted by Gasteiger charge is -2.36. The van der Waals surface area contributed by atoms with E-state index in [1.807, 2.05) is 48.5 Å². The Morgan fingerprint density at radius 2 is 1.06 bits per heavy atom. The van der Waals surface area contributed by atoms with Gasteiger partial charge in [0, 0.05) is 79.1 Å². The van der Waals surface area contributed by atoms with Crippen LogP contribution in [0.1, 0.15) is 141 Å². The molecule has 2 amide bonds. The van der Waals surface area contributed by atoms with Crippen LogP contribution in [-0.4, -0.2) is 85.1 Å². The van der Waals surface area contributed by atoms with Crippen LogP contribution in [0.2, 0.25) is 0 Å². The summed E-state index contributed by atoms with van der Waals surface area (Å²) >= 11 is 0. The average molecular weight is 925 g/mol. The van der Waals surface area contributed by atoms with Crippen LogP contribution in [0.4, 0.5) is 5.69 Å². The SMILES string of the molecule is CC(C)(C)OC(=O)CCC(CCC(=O)OC(C)(C)C)(CCC(=O)OC(C)(C)C)NC(=O)c1cc(C(=O)NCCCCCOc2cc(-c3ccccn3)nc(-c3ccccn3)c2)cc([N+](=O)[O-])c1. The van der Waals surface area contributed by atoms with Crippen LogP contribution in [0.3, 0.4) is 0 Å². The van der Waals surface area contributed by atoms with Gasteiger partial charge in [-0.15, -0.1) is 0 Å². The summed E-state index contributed by atoms with van der Waals surface area (Å²) in [5, 5.41) is 17.8. The zero-order chi connectivity index (χ0) is 49.4. The fraction of sp³-hybridized carbons (Fsp3) is 0.480. The maximum atomic E-state index is 14.2. The molecule has 0 aliphatic rings. The fourth-order valence-corrected chi connectivity index (χ4v) is 6.83. The Bertz CT molecular complexity index is 2200. The number of esters is 3. The number of nitrogens with zero attached hydrogens (tertiary/aromatic N) is 4. The van der Waals surface area contributed by atoms with Crippen LogP contribution >= 0.6 is 0 Å². The van der Waals surface area contributed by atoms with Gasteiger partial charge in [0.2, 0.25) is 0 Å². The van der Waals surface area contributed by atoms with Gasteiger partial charge in [-0.2, -0.15) is 0 Å². The van der Waals surface area contributed by atoms with Crippen molar-refractivity contribution in [2.24, 2.45) is 0 Å². The summed E-state index contributed by atoms with van der Waals surface area (Å²) < 4.78 is 22.7. The highest BCUT2D eigenvalue weighted by atomic mass is 16.6. The molecule has 17 nitrogen and oxygen atoms in total. The maximum Gasteiger partial charge on any atom is 0.306 e. The number of ether oxygens (including phenoxy) is 4.